The zero-order chi connectivity index (χ0) is 11.3. The number of para-hydroxylation sites is 1. The zero-order valence-corrected chi connectivity index (χ0v) is 8.83. The highest BCUT2D eigenvalue weighted by molar-refractivity contribution is 5.73. The van der Waals surface area contributed by atoms with E-state index in [-0.39, 0.29) is 6.04 Å². The summed E-state index contributed by atoms with van der Waals surface area (Å²) in [5.41, 5.74) is 7.65. The highest BCUT2D eigenvalue weighted by Gasteiger charge is 2.06. The zero-order valence-electron chi connectivity index (χ0n) is 8.83. The Morgan fingerprint density at radius 2 is 2.40 bits per heavy atom. The van der Waals surface area contributed by atoms with Gasteiger partial charge in [0.2, 0.25) is 0 Å². The first-order valence-electron chi connectivity index (χ1n) is 4.85. The molecule has 3 N–H and O–H groups in total. The molecule has 15 heavy (non-hydrogen) atoms. The fourth-order valence-electron chi connectivity index (χ4n) is 1.36. The highest BCUT2D eigenvalue weighted by atomic mass is 14.9. The van der Waals surface area contributed by atoms with Crippen molar-refractivity contribution >= 4 is 11.4 Å². The number of nitrogen functional groups attached to an aromatic ring is 1. The molecule has 0 aliphatic rings. The van der Waals surface area contributed by atoms with Crippen molar-refractivity contribution in [1.82, 2.24) is 0 Å². The van der Waals surface area contributed by atoms with Crippen LogP contribution >= 0.6 is 0 Å². The van der Waals surface area contributed by atoms with Crippen LogP contribution in [-0.4, -0.2) is 6.04 Å². The van der Waals surface area contributed by atoms with Gasteiger partial charge < -0.3 is 11.1 Å². The summed E-state index contributed by atoms with van der Waals surface area (Å²) in [6.07, 6.45) is 2.71. The van der Waals surface area contributed by atoms with Crippen molar-refractivity contribution in [2.24, 2.45) is 0 Å². The number of rotatable bonds is 4. The number of anilines is 2. The Morgan fingerprint density at radius 1 is 1.67 bits per heavy atom. The molecule has 3 heteroatoms. The van der Waals surface area contributed by atoms with E-state index in [1.54, 1.807) is 6.07 Å². The van der Waals surface area contributed by atoms with E-state index in [9.17, 15) is 0 Å². The molecule has 1 aromatic rings. The van der Waals surface area contributed by atoms with E-state index in [4.69, 9.17) is 11.0 Å². The van der Waals surface area contributed by atoms with Crippen LogP contribution in [0.1, 0.15) is 18.9 Å². The lowest BCUT2D eigenvalue weighted by atomic mass is 10.1. The van der Waals surface area contributed by atoms with Gasteiger partial charge in [0.25, 0.3) is 0 Å². The van der Waals surface area contributed by atoms with Crippen LogP contribution in [0.5, 0.6) is 0 Å². The average molecular weight is 201 g/mol. The molecule has 0 aromatic heterocycles. The lowest BCUT2D eigenvalue weighted by Crippen LogP contribution is -2.15. The topological polar surface area (TPSA) is 61.8 Å². The van der Waals surface area contributed by atoms with Gasteiger partial charge in [-0.05, 0) is 25.5 Å². The minimum atomic E-state index is 0.263. The SMILES string of the molecule is C=CCC(C)Nc1cccc(C#N)c1N. The average Bonchev–Trinajstić information content (AvgIpc) is 2.21. The normalized spacial score (nSPS) is 11.5. The molecule has 0 amide bonds. The standard InChI is InChI=1S/C12H15N3/c1-3-5-9(2)15-11-7-4-6-10(8-13)12(11)14/h3-4,6-7,9,15H,1,5,14H2,2H3. The van der Waals surface area contributed by atoms with Crippen LogP contribution in [0.15, 0.2) is 30.9 Å². The number of benzene rings is 1. The maximum absolute atomic E-state index is 8.81. The Bertz CT molecular complexity index is 390. The van der Waals surface area contributed by atoms with E-state index in [0.29, 0.717) is 11.3 Å². The van der Waals surface area contributed by atoms with Crippen LogP contribution in [0.4, 0.5) is 11.4 Å². The van der Waals surface area contributed by atoms with Crippen molar-refractivity contribution in [3.05, 3.63) is 36.4 Å². The highest BCUT2D eigenvalue weighted by Crippen LogP contribution is 2.22. The van der Waals surface area contributed by atoms with Gasteiger partial charge in [0, 0.05) is 6.04 Å². The van der Waals surface area contributed by atoms with E-state index >= 15 is 0 Å². The number of nitrogens with zero attached hydrogens (tertiary/aromatic N) is 1. The van der Waals surface area contributed by atoms with Crippen LogP contribution in [0.3, 0.4) is 0 Å². The molecule has 1 atom stereocenters. The van der Waals surface area contributed by atoms with Crippen LogP contribution in [0.2, 0.25) is 0 Å². The van der Waals surface area contributed by atoms with Crippen molar-refractivity contribution in [2.75, 3.05) is 11.1 Å². The largest absolute Gasteiger partial charge is 0.396 e. The summed E-state index contributed by atoms with van der Waals surface area (Å²) in [5, 5.41) is 12.0. The van der Waals surface area contributed by atoms with Crippen molar-refractivity contribution in [1.29, 1.82) is 5.26 Å². The first-order valence-corrected chi connectivity index (χ1v) is 4.85. The molecule has 0 bridgehead atoms. The number of hydrogen-bond acceptors (Lipinski definition) is 3. The van der Waals surface area contributed by atoms with E-state index in [1.807, 2.05) is 25.1 Å². The molecule has 0 saturated carbocycles. The smallest absolute Gasteiger partial charge is 0.101 e. The first kappa shape index (κ1) is 11.1. The molecule has 1 aromatic carbocycles. The third-order valence-corrected chi connectivity index (χ3v) is 2.15. The lowest BCUT2D eigenvalue weighted by Gasteiger charge is -2.15. The van der Waals surface area contributed by atoms with Crippen molar-refractivity contribution in [2.45, 2.75) is 19.4 Å². The van der Waals surface area contributed by atoms with Crippen LogP contribution in [-0.2, 0) is 0 Å². The lowest BCUT2D eigenvalue weighted by molar-refractivity contribution is 0.814. The van der Waals surface area contributed by atoms with E-state index in [1.165, 1.54) is 0 Å². The number of nitrogens with two attached hydrogens (primary N) is 1. The molecule has 3 nitrogen and oxygen atoms in total. The van der Waals surface area contributed by atoms with E-state index in [0.717, 1.165) is 12.1 Å². The van der Waals surface area contributed by atoms with Crippen molar-refractivity contribution < 1.29 is 0 Å². The van der Waals surface area contributed by atoms with Crippen LogP contribution in [0.25, 0.3) is 0 Å². The van der Waals surface area contributed by atoms with Gasteiger partial charge in [0.15, 0.2) is 0 Å². The van der Waals surface area contributed by atoms with E-state index < -0.39 is 0 Å². The molecule has 0 aliphatic carbocycles. The minimum Gasteiger partial charge on any atom is -0.396 e. The second-order valence-electron chi connectivity index (χ2n) is 3.45. The molecule has 0 fully saturated rings. The van der Waals surface area contributed by atoms with Gasteiger partial charge in [-0.25, -0.2) is 0 Å². The molecular weight excluding hydrogens is 186 g/mol. The van der Waals surface area contributed by atoms with Gasteiger partial charge in [-0.1, -0.05) is 12.1 Å². The fraction of sp³-hybridized carbons (Fsp3) is 0.250. The fourth-order valence-corrected chi connectivity index (χ4v) is 1.36. The number of nitrogens with one attached hydrogen (secondary N) is 1. The van der Waals surface area contributed by atoms with Gasteiger partial charge in [-0.2, -0.15) is 5.26 Å². The predicted molar refractivity (Wildman–Crippen MR) is 63.5 cm³/mol. The number of hydrogen-bond donors (Lipinski definition) is 2. The second kappa shape index (κ2) is 5.06. The maximum Gasteiger partial charge on any atom is 0.101 e. The molecule has 1 unspecified atom stereocenters. The Kier molecular flexibility index (Phi) is 3.75. The number of nitriles is 1. The molecule has 1 rings (SSSR count). The summed E-state index contributed by atoms with van der Waals surface area (Å²) in [4.78, 5) is 0. The summed E-state index contributed by atoms with van der Waals surface area (Å²) in [6.45, 7) is 5.72. The van der Waals surface area contributed by atoms with E-state index in [2.05, 4.69) is 18.0 Å². The third-order valence-electron chi connectivity index (χ3n) is 2.15. The summed E-state index contributed by atoms with van der Waals surface area (Å²) in [6, 6.07) is 7.71. The molecule has 0 radical (unpaired) electrons. The van der Waals surface area contributed by atoms with Gasteiger partial charge in [-0.15, -0.1) is 6.58 Å². The molecule has 0 saturated heterocycles. The maximum atomic E-state index is 8.81. The predicted octanol–water partition coefficient (Wildman–Crippen LogP) is 2.52. The summed E-state index contributed by atoms with van der Waals surface area (Å²) < 4.78 is 0. The molecule has 78 valence electrons. The Labute approximate surface area is 90.2 Å². The molecule has 0 aliphatic heterocycles. The first-order chi connectivity index (χ1) is 7.19. The summed E-state index contributed by atoms with van der Waals surface area (Å²) >= 11 is 0. The molecule has 0 heterocycles. The van der Waals surface area contributed by atoms with Gasteiger partial charge in [0.1, 0.15) is 6.07 Å². The summed E-state index contributed by atoms with van der Waals surface area (Å²) in [7, 11) is 0. The molecule has 0 spiro atoms. The minimum absolute atomic E-state index is 0.263. The molecular formula is C12H15N3. The quantitative estimate of drug-likeness (QED) is 0.581. The second-order valence-corrected chi connectivity index (χ2v) is 3.45. The third kappa shape index (κ3) is 2.75. The Balaban J connectivity index is 2.86. The Morgan fingerprint density at radius 3 is 3.00 bits per heavy atom. The summed E-state index contributed by atoms with van der Waals surface area (Å²) in [5.74, 6) is 0. The monoisotopic (exact) mass is 201 g/mol. The Hall–Kier alpha value is -1.95. The van der Waals surface area contributed by atoms with Crippen LogP contribution < -0.4 is 11.1 Å². The van der Waals surface area contributed by atoms with Crippen molar-refractivity contribution in [3.63, 3.8) is 0 Å². The van der Waals surface area contributed by atoms with Crippen molar-refractivity contribution in [3.8, 4) is 6.07 Å². The van der Waals surface area contributed by atoms with Gasteiger partial charge in [0.05, 0.1) is 16.9 Å². The van der Waals surface area contributed by atoms with Gasteiger partial charge >= 0.3 is 0 Å². The van der Waals surface area contributed by atoms with Gasteiger partial charge in [-0.3, -0.25) is 0 Å². The van der Waals surface area contributed by atoms with Crippen LogP contribution in [0, 0.1) is 11.3 Å².